The lowest BCUT2D eigenvalue weighted by Crippen LogP contribution is -2.45. The van der Waals surface area contributed by atoms with Crippen LogP contribution in [0.25, 0.3) is 0 Å². The van der Waals surface area contributed by atoms with Crippen molar-refractivity contribution in [1.82, 2.24) is 10.2 Å². The maximum Gasteiger partial charge on any atom is 0.0612 e. The topological polar surface area (TPSA) is 24.5 Å². The molecule has 3 nitrogen and oxygen atoms in total. The van der Waals surface area contributed by atoms with Crippen LogP contribution in [-0.4, -0.2) is 50.3 Å². The van der Waals surface area contributed by atoms with Crippen molar-refractivity contribution in [2.24, 2.45) is 5.92 Å². The maximum absolute atomic E-state index is 5.77. The van der Waals surface area contributed by atoms with Gasteiger partial charge in [0.2, 0.25) is 0 Å². The van der Waals surface area contributed by atoms with Gasteiger partial charge < -0.3 is 15.0 Å². The zero-order valence-electron chi connectivity index (χ0n) is 11.5. The van der Waals surface area contributed by atoms with Crippen molar-refractivity contribution in [1.29, 1.82) is 0 Å². The number of hydrogen-bond donors (Lipinski definition) is 1. The zero-order valence-corrected chi connectivity index (χ0v) is 11.5. The molecule has 0 radical (unpaired) electrons. The first-order valence-corrected chi connectivity index (χ1v) is 6.52. The van der Waals surface area contributed by atoms with Crippen LogP contribution in [0.2, 0.25) is 0 Å². The molecule has 3 atom stereocenters. The van der Waals surface area contributed by atoms with Crippen molar-refractivity contribution in [3.63, 3.8) is 0 Å². The Balaban J connectivity index is 2.26. The van der Waals surface area contributed by atoms with E-state index in [-0.39, 0.29) is 0 Å². The summed E-state index contributed by atoms with van der Waals surface area (Å²) < 4.78 is 5.77. The number of ether oxygens (including phenoxy) is 1. The summed E-state index contributed by atoms with van der Waals surface area (Å²) in [7, 11) is 4.26. The molecule has 0 spiro atoms. The van der Waals surface area contributed by atoms with Crippen LogP contribution in [0, 0.1) is 5.92 Å². The summed E-state index contributed by atoms with van der Waals surface area (Å²) >= 11 is 0. The van der Waals surface area contributed by atoms with E-state index in [1.54, 1.807) is 0 Å². The molecule has 0 aromatic heterocycles. The predicted octanol–water partition coefficient (Wildman–Crippen LogP) is 1.73. The van der Waals surface area contributed by atoms with E-state index in [1.807, 2.05) is 0 Å². The van der Waals surface area contributed by atoms with Crippen LogP contribution in [0.15, 0.2) is 0 Å². The second-order valence-corrected chi connectivity index (χ2v) is 5.60. The van der Waals surface area contributed by atoms with Crippen molar-refractivity contribution in [2.75, 3.05) is 27.2 Å². The highest BCUT2D eigenvalue weighted by Crippen LogP contribution is 2.20. The largest absolute Gasteiger partial charge is 0.378 e. The molecule has 96 valence electrons. The molecule has 1 aliphatic rings. The van der Waals surface area contributed by atoms with Gasteiger partial charge in [0.15, 0.2) is 0 Å². The summed E-state index contributed by atoms with van der Waals surface area (Å²) in [6, 6.07) is 1.24. The van der Waals surface area contributed by atoms with Gasteiger partial charge in [-0.05, 0) is 39.8 Å². The zero-order chi connectivity index (χ0) is 12.1. The maximum atomic E-state index is 5.77. The highest BCUT2D eigenvalue weighted by Gasteiger charge is 2.24. The molecule has 0 bridgehead atoms. The first-order valence-electron chi connectivity index (χ1n) is 6.52. The smallest absolute Gasteiger partial charge is 0.0612 e. The lowest BCUT2D eigenvalue weighted by molar-refractivity contribution is -0.0248. The normalized spacial score (nSPS) is 28.7. The Morgan fingerprint density at radius 1 is 1.31 bits per heavy atom. The number of nitrogens with one attached hydrogen (secondary N) is 1. The fourth-order valence-electron chi connectivity index (χ4n) is 2.00. The quantitative estimate of drug-likeness (QED) is 0.775. The molecule has 0 aliphatic carbocycles. The van der Waals surface area contributed by atoms with Gasteiger partial charge in [0.05, 0.1) is 6.10 Å². The molecule has 16 heavy (non-hydrogen) atoms. The molecule has 0 aromatic carbocycles. The van der Waals surface area contributed by atoms with Crippen molar-refractivity contribution in [3.05, 3.63) is 0 Å². The average molecular weight is 228 g/mol. The predicted molar refractivity (Wildman–Crippen MR) is 68.8 cm³/mol. The van der Waals surface area contributed by atoms with Crippen LogP contribution < -0.4 is 5.32 Å². The molecule has 3 unspecified atom stereocenters. The second kappa shape index (κ2) is 6.58. The number of rotatable bonds is 5. The number of hydrogen-bond acceptors (Lipinski definition) is 3. The van der Waals surface area contributed by atoms with Gasteiger partial charge in [0.25, 0.3) is 0 Å². The van der Waals surface area contributed by atoms with Crippen LogP contribution >= 0.6 is 0 Å². The van der Waals surface area contributed by atoms with Crippen molar-refractivity contribution < 1.29 is 4.74 Å². The van der Waals surface area contributed by atoms with E-state index >= 15 is 0 Å². The molecule has 0 aromatic rings. The van der Waals surface area contributed by atoms with Crippen LogP contribution in [0.5, 0.6) is 0 Å². The Morgan fingerprint density at radius 3 is 2.56 bits per heavy atom. The van der Waals surface area contributed by atoms with Crippen LogP contribution in [-0.2, 0) is 4.74 Å². The summed E-state index contributed by atoms with van der Waals surface area (Å²) in [4.78, 5) is 2.26. The summed E-state index contributed by atoms with van der Waals surface area (Å²) in [6.07, 6.45) is 2.77. The minimum atomic E-state index is 0.445. The number of nitrogens with zero attached hydrogens (tertiary/aromatic N) is 1. The van der Waals surface area contributed by atoms with E-state index in [1.165, 1.54) is 0 Å². The van der Waals surface area contributed by atoms with Crippen LogP contribution in [0.3, 0.4) is 0 Å². The van der Waals surface area contributed by atoms with E-state index in [2.05, 4.69) is 45.1 Å². The standard InChI is InChI=1S/C13H28N2O/c1-10(2)13-8-12(6-7-16-13)14-9-11(3)15(4)5/h10-14H,6-9H2,1-5H3. The fraction of sp³-hybridized carbons (Fsp3) is 1.00. The first-order chi connectivity index (χ1) is 7.50. The molecule has 1 rings (SSSR count). The molecule has 1 fully saturated rings. The van der Waals surface area contributed by atoms with Crippen LogP contribution in [0.4, 0.5) is 0 Å². The third-order valence-corrected chi connectivity index (χ3v) is 3.64. The van der Waals surface area contributed by atoms with Gasteiger partial charge in [-0.1, -0.05) is 13.8 Å². The molecule has 1 heterocycles. The Hall–Kier alpha value is -0.120. The molecule has 0 saturated carbocycles. The Morgan fingerprint density at radius 2 is 2.00 bits per heavy atom. The van der Waals surface area contributed by atoms with E-state index in [4.69, 9.17) is 4.74 Å². The highest BCUT2D eigenvalue weighted by atomic mass is 16.5. The SMILES string of the molecule is CC(C)C1CC(NCC(C)N(C)C)CCO1. The lowest BCUT2D eigenvalue weighted by Gasteiger charge is -2.33. The van der Waals surface area contributed by atoms with E-state index in [0.717, 1.165) is 26.0 Å². The Bertz CT molecular complexity index is 194. The molecular weight excluding hydrogens is 200 g/mol. The van der Waals surface area contributed by atoms with E-state index < -0.39 is 0 Å². The Labute approximate surface area is 101 Å². The van der Waals surface area contributed by atoms with Gasteiger partial charge in [-0.25, -0.2) is 0 Å². The van der Waals surface area contributed by atoms with Gasteiger partial charge >= 0.3 is 0 Å². The Kier molecular flexibility index (Phi) is 5.73. The molecule has 0 amide bonds. The second-order valence-electron chi connectivity index (χ2n) is 5.60. The van der Waals surface area contributed by atoms with E-state index in [0.29, 0.717) is 24.1 Å². The molecular formula is C13H28N2O. The number of likely N-dealkylation sites (N-methyl/N-ethyl adjacent to an activating group) is 1. The average Bonchev–Trinajstić information content (AvgIpc) is 2.26. The fourth-order valence-corrected chi connectivity index (χ4v) is 2.00. The van der Waals surface area contributed by atoms with Gasteiger partial charge in [-0.15, -0.1) is 0 Å². The van der Waals surface area contributed by atoms with Gasteiger partial charge in [-0.2, -0.15) is 0 Å². The molecule has 1 aliphatic heterocycles. The highest BCUT2D eigenvalue weighted by molar-refractivity contribution is 4.79. The minimum Gasteiger partial charge on any atom is -0.378 e. The van der Waals surface area contributed by atoms with Crippen molar-refractivity contribution in [2.45, 2.75) is 51.8 Å². The van der Waals surface area contributed by atoms with Crippen molar-refractivity contribution >= 4 is 0 Å². The van der Waals surface area contributed by atoms with Crippen LogP contribution in [0.1, 0.15) is 33.6 Å². The summed E-state index contributed by atoms with van der Waals surface area (Å²) in [6.45, 7) is 8.73. The van der Waals surface area contributed by atoms with Gasteiger partial charge in [0, 0.05) is 25.2 Å². The third-order valence-electron chi connectivity index (χ3n) is 3.64. The van der Waals surface area contributed by atoms with Crippen molar-refractivity contribution in [3.8, 4) is 0 Å². The summed E-state index contributed by atoms with van der Waals surface area (Å²) in [5.41, 5.74) is 0. The minimum absolute atomic E-state index is 0.445. The monoisotopic (exact) mass is 228 g/mol. The molecule has 1 N–H and O–H groups in total. The first kappa shape index (κ1) is 13.9. The van der Waals surface area contributed by atoms with Gasteiger partial charge in [0.1, 0.15) is 0 Å². The van der Waals surface area contributed by atoms with E-state index in [9.17, 15) is 0 Å². The lowest BCUT2D eigenvalue weighted by atomic mass is 9.95. The van der Waals surface area contributed by atoms with Gasteiger partial charge in [-0.3, -0.25) is 0 Å². The molecule has 3 heteroatoms. The third kappa shape index (κ3) is 4.40. The summed E-state index contributed by atoms with van der Waals surface area (Å²) in [5, 5.41) is 3.67. The molecule has 1 saturated heterocycles. The summed E-state index contributed by atoms with van der Waals surface area (Å²) in [5.74, 6) is 0.635.